The zero-order valence-corrected chi connectivity index (χ0v) is 7.01. The summed E-state index contributed by atoms with van der Waals surface area (Å²) in [7, 11) is 0. The second-order valence-corrected chi connectivity index (χ2v) is 2.74. The lowest BCUT2D eigenvalue weighted by molar-refractivity contribution is 1.04. The smallest absolute Gasteiger partial charge is 0.219 e. The molecule has 0 fully saturated rings. The molecule has 0 bridgehead atoms. The number of hydrogen-bond acceptors (Lipinski definition) is 3. The second-order valence-electron chi connectivity index (χ2n) is 2.35. The highest BCUT2D eigenvalue weighted by Crippen LogP contribution is 2.12. The first kappa shape index (κ1) is 7.30. The molecule has 1 N–H and O–H groups in total. The van der Waals surface area contributed by atoms with Gasteiger partial charge in [-0.25, -0.2) is 0 Å². The van der Waals surface area contributed by atoms with E-state index in [-0.39, 0.29) is 0 Å². The van der Waals surface area contributed by atoms with Crippen LogP contribution in [0, 0.1) is 0 Å². The van der Waals surface area contributed by atoms with Crippen molar-refractivity contribution in [3.8, 4) is 0 Å². The van der Waals surface area contributed by atoms with Gasteiger partial charge in [-0.05, 0) is 18.3 Å². The summed E-state index contributed by atoms with van der Waals surface area (Å²) in [4.78, 5) is 4.07. The molecular weight excluding hydrogens is 172 g/mol. The summed E-state index contributed by atoms with van der Waals surface area (Å²) in [6, 6.07) is 0. The van der Waals surface area contributed by atoms with E-state index in [9.17, 15) is 0 Å². The molecule has 5 heteroatoms. The number of dihydropyridines is 1. The van der Waals surface area contributed by atoms with Crippen molar-refractivity contribution in [3.63, 3.8) is 0 Å². The minimum absolute atomic E-state index is 0.417. The summed E-state index contributed by atoms with van der Waals surface area (Å²) in [5.74, 6) is 0.716. The van der Waals surface area contributed by atoms with Crippen LogP contribution in [-0.4, -0.2) is 17.9 Å². The summed E-state index contributed by atoms with van der Waals surface area (Å²) in [5, 5.41) is 10.9. The van der Waals surface area contributed by atoms with Crippen molar-refractivity contribution in [1.82, 2.24) is 5.32 Å². The van der Waals surface area contributed by atoms with E-state index in [0.29, 0.717) is 17.5 Å². The number of aliphatic imine (C=N–C) groups is 1. The fraction of sp³-hybridized carbons (Fsp3) is 0.143. The van der Waals surface area contributed by atoms with Crippen LogP contribution >= 0.6 is 12.2 Å². The van der Waals surface area contributed by atoms with Gasteiger partial charge in [-0.3, -0.25) is 4.99 Å². The molecular formula is C7H6N4S. The van der Waals surface area contributed by atoms with E-state index in [0.717, 1.165) is 5.57 Å². The molecule has 4 nitrogen and oxygen atoms in total. The number of allylic oxidation sites excluding steroid dienone is 1. The van der Waals surface area contributed by atoms with Crippen LogP contribution in [-0.2, 0) is 0 Å². The summed E-state index contributed by atoms with van der Waals surface area (Å²) < 4.78 is 0. The van der Waals surface area contributed by atoms with Crippen LogP contribution in [0.1, 0.15) is 0 Å². The predicted octanol–water partition coefficient (Wildman–Crippen LogP) is 1.18. The SMILES string of the molecule is S=C1N=NC(=C2C=CC=NC2)N1. The van der Waals surface area contributed by atoms with Gasteiger partial charge in [0.2, 0.25) is 5.11 Å². The van der Waals surface area contributed by atoms with Crippen LogP contribution in [0.5, 0.6) is 0 Å². The highest BCUT2D eigenvalue weighted by Gasteiger charge is 2.11. The van der Waals surface area contributed by atoms with Crippen LogP contribution in [0.25, 0.3) is 0 Å². The van der Waals surface area contributed by atoms with Gasteiger partial charge < -0.3 is 5.32 Å². The van der Waals surface area contributed by atoms with Crippen LogP contribution in [0.15, 0.2) is 38.8 Å². The Hall–Kier alpha value is -1.36. The van der Waals surface area contributed by atoms with Gasteiger partial charge >= 0.3 is 0 Å². The maximum absolute atomic E-state index is 4.80. The van der Waals surface area contributed by atoms with E-state index < -0.39 is 0 Å². The Morgan fingerprint density at radius 2 is 2.33 bits per heavy atom. The molecule has 0 saturated carbocycles. The first-order valence-electron chi connectivity index (χ1n) is 3.48. The van der Waals surface area contributed by atoms with Crippen molar-refractivity contribution in [2.75, 3.05) is 6.54 Å². The van der Waals surface area contributed by atoms with E-state index in [2.05, 4.69) is 20.5 Å². The fourth-order valence-electron chi connectivity index (χ4n) is 0.969. The Bertz CT molecular complexity index is 333. The summed E-state index contributed by atoms with van der Waals surface area (Å²) in [6.07, 6.45) is 5.57. The molecule has 0 aromatic carbocycles. The highest BCUT2D eigenvalue weighted by atomic mass is 32.1. The maximum atomic E-state index is 4.80. The molecule has 0 saturated heterocycles. The van der Waals surface area contributed by atoms with Crippen molar-refractivity contribution in [1.29, 1.82) is 0 Å². The van der Waals surface area contributed by atoms with Crippen LogP contribution in [0.3, 0.4) is 0 Å². The van der Waals surface area contributed by atoms with Crippen molar-refractivity contribution < 1.29 is 0 Å². The number of azo groups is 1. The zero-order chi connectivity index (χ0) is 8.39. The zero-order valence-electron chi connectivity index (χ0n) is 6.19. The monoisotopic (exact) mass is 178 g/mol. The average molecular weight is 178 g/mol. The Morgan fingerprint density at radius 3 is 2.92 bits per heavy atom. The summed E-state index contributed by atoms with van der Waals surface area (Å²) in [6.45, 7) is 0.639. The molecule has 0 unspecified atom stereocenters. The normalized spacial score (nSPS) is 26.5. The lowest BCUT2D eigenvalue weighted by atomic mass is 10.2. The number of nitrogens with one attached hydrogen (secondary N) is 1. The third kappa shape index (κ3) is 1.31. The number of thiocarbonyl (C=S) groups is 1. The summed E-state index contributed by atoms with van der Waals surface area (Å²) >= 11 is 4.80. The molecule has 12 heavy (non-hydrogen) atoms. The minimum Gasteiger partial charge on any atom is -0.312 e. The van der Waals surface area contributed by atoms with Gasteiger partial charge in [0.05, 0.1) is 6.54 Å². The van der Waals surface area contributed by atoms with Crippen molar-refractivity contribution in [3.05, 3.63) is 23.5 Å². The average Bonchev–Trinajstić information content (AvgIpc) is 2.54. The van der Waals surface area contributed by atoms with Crippen molar-refractivity contribution >= 4 is 23.5 Å². The van der Waals surface area contributed by atoms with Crippen LogP contribution in [0.4, 0.5) is 0 Å². The molecule has 0 amide bonds. The Labute approximate surface area is 74.8 Å². The lowest BCUT2D eigenvalue weighted by Crippen LogP contribution is -2.13. The number of nitrogens with zero attached hydrogens (tertiary/aromatic N) is 3. The van der Waals surface area contributed by atoms with E-state index in [1.54, 1.807) is 6.21 Å². The third-order valence-electron chi connectivity index (χ3n) is 1.52. The van der Waals surface area contributed by atoms with E-state index >= 15 is 0 Å². The Morgan fingerprint density at radius 1 is 1.42 bits per heavy atom. The largest absolute Gasteiger partial charge is 0.312 e. The first-order valence-corrected chi connectivity index (χ1v) is 3.89. The van der Waals surface area contributed by atoms with Gasteiger partial charge in [0, 0.05) is 11.8 Å². The van der Waals surface area contributed by atoms with Crippen LogP contribution in [0.2, 0.25) is 0 Å². The van der Waals surface area contributed by atoms with E-state index in [4.69, 9.17) is 12.2 Å². The molecule has 0 radical (unpaired) electrons. The van der Waals surface area contributed by atoms with Gasteiger partial charge in [-0.15, -0.1) is 10.2 Å². The van der Waals surface area contributed by atoms with Gasteiger partial charge in [0.15, 0.2) is 5.82 Å². The molecule has 2 heterocycles. The van der Waals surface area contributed by atoms with Gasteiger partial charge in [-0.1, -0.05) is 6.08 Å². The van der Waals surface area contributed by atoms with Gasteiger partial charge in [0.25, 0.3) is 0 Å². The Kier molecular flexibility index (Phi) is 1.79. The van der Waals surface area contributed by atoms with Crippen molar-refractivity contribution in [2.45, 2.75) is 0 Å². The molecule has 0 spiro atoms. The molecule has 0 aromatic rings. The second kappa shape index (κ2) is 2.94. The topological polar surface area (TPSA) is 49.1 Å². The molecule has 2 aliphatic rings. The van der Waals surface area contributed by atoms with Crippen molar-refractivity contribution in [2.24, 2.45) is 15.2 Å². The predicted molar refractivity (Wildman–Crippen MR) is 50.1 cm³/mol. The molecule has 0 aliphatic carbocycles. The van der Waals surface area contributed by atoms with Crippen LogP contribution < -0.4 is 5.32 Å². The molecule has 0 atom stereocenters. The third-order valence-corrected chi connectivity index (χ3v) is 1.70. The summed E-state index contributed by atoms with van der Waals surface area (Å²) in [5.41, 5.74) is 1.01. The maximum Gasteiger partial charge on any atom is 0.219 e. The molecule has 60 valence electrons. The molecule has 0 aromatic heterocycles. The van der Waals surface area contributed by atoms with Gasteiger partial charge in [0.1, 0.15) is 0 Å². The fourth-order valence-corrected chi connectivity index (χ4v) is 1.11. The Balaban J connectivity index is 2.27. The minimum atomic E-state index is 0.417. The first-order chi connectivity index (χ1) is 5.86. The lowest BCUT2D eigenvalue weighted by Gasteiger charge is -2.03. The molecule has 2 aliphatic heterocycles. The number of rotatable bonds is 0. The van der Waals surface area contributed by atoms with Gasteiger partial charge in [-0.2, -0.15) is 0 Å². The van der Waals surface area contributed by atoms with E-state index in [1.165, 1.54) is 0 Å². The highest BCUT2D eigenvalue weighted by molar-refractivity contribution is 7.80. The number of hydrogen-bond donors (Lipinski definition) is 1. The van der Waals surface area contributed by atoms with E-state index in [1.807, 2.05) is 12.2 Å². The quantitative estimate of drug-likeness (QED) is 0.566. The molecule has 2 rings (SSSR count). The standard InChI is InChI=1S/C7H6N4S/c12-7-9-6(10-11-7)5-2-1-3-8-4-5/h1-3H,4H2,(H,9,12).